The lowest BCUT2D eigenvalue weighted by Gasteiger charge is -2.03. The molecule has 0 saturated heterocycles. The van der Waals surface area contributed by atoms with Crippen LogP contribution < -0.4 is 4.74 Å². The Balaban J connectivity index is 2.71. The molecular formula is C7H10N2O3. The summed E-state index contributed by atoms with van der Waals surface area (Å²) in [6, 6.07) is 1.35. The van der Waals surface area contributed by atoms with Crippen LogP contribution in [0.5, 0.6) is 5.88 Å². The maximum Gasteiger partial charge on any atom is 0.354 e. The molecule has 5 heteroatoms. The smallest absolute Gasteiger partial charge is 0.354 e. The normalized spacial score (nSPS) is 10.2. The minimum Gasteiger partial charge on any atom is -0.477 e. The Bertz CT molecular complexity index is 280. The standard InChI is InChI=1S/C7H10N2O3/c1-4(2)12-6-3-5(7(10)11)8-9-6/h3-4H,1-2H3,(H,8,9)(H,10,11). The molecule has 1 heterocycles. The van der Waals surface area contributed by atoms with E-state index in [1.165, 1.54) is 6.07 Å². The van der Waals surface area contributed by atoms with E-state index in [9.17, 15) is 4.79 Å². The van der Waals surface area contributed by atoms with Gasteiger partial charge in [0.15, 0.2) is 0 Å². The number of aromatic carboxylic acids is 1. The van der Waals surface area contributed by atoms with E-state index < -0.39 is 5.97 Å². The van der Waals surface area contributed by atoms with E-state index in [-0.39, 0.29) is 11.8 Å². The molecule has 1 rings (SSSR count). The van der Waals surface area contributed by atoms with E-state index in [1.807, 2.05) is 13.8 Å². The number of carboxylic acids is 1. The third kappa shape index (κ3) is 1.98. The zero-order valence-electron chi connectivity index (χ0n) is 6.87. The summed E-state index contributed by atoms with van der Waals surface area (Å²) >= 11 is 0. The first-order valence-corrected chi connectivity index (χ1v) is 3.55. The van der Waals surface area contributed by atoms with E-state index in [0.717, 1.165) is 0 Å². The van der Waals surface area contributed by atoms with Gasteiger partial charge in [0.25, 0.3) is 0 Å². The number of hydrogen-bond donors (Lipinski definition) is 2. The average molecular weight is 170 g/mol. The third-order valence-corrected chi connectivity index (χ3v) is 1.14. The number of H-pyrrole nitrogens is 1. The summed E-state index contributed by atoms with van der Waals surface area (Å²) in [4.78, 5) is 10.4. The second kappa shape index (κ2) is 3.25. The molecule has 2 N–H and O–H groups in total. The van der Waals surface area contributed by atoms with Crippen LogP contribution in [0.4, 0.5) is 0 Å². The van der Waals surface area contributed by atoms with E-state index in [0.29, 0.717) is 5.88 Å². The van der Waals surface area contributed by atoms with Crippen LogP contribution in [0.3, 0.4) is 0 Å². The lowest BCUT2D eigenvalue weighted by molar-refractivity contribution is 0.0690. The molecule has 0 aliphatic rings. The Kier molecular flexibility index (Phi) is 2.32. The van der Waals surface area contributed by atoms with Crippen molar-refractivity contribution in [3.05, 3.63) is 11.8 Å². The van der Waals surface area contributed by atoms with Crippen molar-refractivity contribution >= 4 is 5.97 Å². The molecule has 0 aliphatic heterocycles. The first-order valence-electron chi connectivity index (χ1n) is 3.55. The first kappa shape index (κ1) is 8.58. The molecule has 0 atom stereocenters. The van der Waals surface area contributed by atoms with Gasteiger partial charge in [-0.25, -0.2) is 4.79 Å². The summed E-state index contributed by atoms with van der Waals surface area (Å²) in [5.41, 5.74) is 0.0330. The monoisotopic (exact) mass is 170 g/mol. The number of nitrogens with zero attached hydrogens (tertiary/aromatic N) is 1. The molecule has 0 amide bonds. The Morgan fingerprint density at radius 3 is 2.83 bits per heavy atom. The zero-order chi connectivity index (χ0) is 9.14. The van der Waals surface area contributed by atoms with Crippen molar-refractivity contribution < 1.29 is 14.6 Å². The summed E-state index contributed by atoms with van der Waals surface area (Å²) < 4.78 is 5.14. The lowest BCUT2D eigenvalue weighted by Crippen LogP contribution is -2.05. The Labute approximate surface area is 69.4 Å². The van der Waals surface area contributed by atoms with Gasteiger partial charge in [-0.15, -0.1) is 5.10 Å². The highest BCUT2D eigenvalue weighted by Crippen LogP contribution is 2.09. The van der Waals surface area contributed by atoms with Crippen LogP contribution in [0, 0.1) is 0 Å². The molecule has 0 aromatic carbocycles. The van der Waals surface area contributed by atoms with Crippen LogP contribution in [0.25, 0.3) is 0 Å². The Hall–Kier alpha value is -1.52. The van der Waals surface area contributed by atoms with Gasteiger partial charge in [0.2, 0.25) is 5.88 Å². The van der Waals surface area contributed by atoms with Crippen LogP contribution in [-0.2, 0) is 0 Å². The molecule has 5 nitrogen and oxygen atoms in total. The van der Waals surface area contributed by atoms with Gasteiger partial charge in [0, 0.05) is 6.07 Å². The summed E-state index contributed by atoms with van der Waals surface area (Å²) in [5.74, 6) is -0.733. The van der Waals surface area contributed by atoms with E-state index in [1.54, 1.807) is 0 Å². The largest absolute Gasteiger partial charge is 0.477 e. The molecule has 0 saturated carbocycles. The fraction of sp³-hybridized carbons (Fsp3) is 0.429. The molecule has 0 aliphatic carbocycles. The molecule has 12 heavy (non-hydrogen) atoms. The second-order valence-electron chi connectivity index (χ2n) is 2.59. The van der Waals surface area contributed by atoms with Crippen molar-refractivity contribution in [3.63, 3.8) is 0 Å². The van der Waals surface area contributed by atoms with Crippen LogP contribution >= 0.6 is 0 Å². The maximum atomic E-state index is 10.4. The minimum absolute atomic E-state index is 0.00468. The number of aromatic amines is 1. The van der Waals surface area contributed by atoms with Crippen molar-refractivity contribution in [1.29, 1.82) is 0 Å². The lowest BCUT2D eigenvalue weighted by atomic mass is 10.4. The zero-order valence-corrected chi connectivity index (χ0v) is 6.87. The van der Waals surface area contributed by atoms with Gasteiger partial charge in [0.1, 0.15) is 5.69 Å². The van der Waals surface area contributed by atoms with Gasteiger partial charge in [-0.05, 0) is 13.8 Å². The number of carbonyl (C=O) groups is 1. The number of rotatable bonds is 3. The molecular weight excluding hydrogens is 160 g/mol. The minimum atomic E-state index is -1.04. The topological polar surface area (TPSA) is 75.2 Å². The SMILES string of the molecule is CC(C)Oc1cc(C(=O)O)[nH]n1. The highest BCUT2D eigenvalue weighted by molar-refractivity contribution is 5.85. The summed E-state index contributed by atoms with van der Waals surface area (Å²) in [7, 11) is 0. The highest BCUT2D eigenvalue weighted by Gasteiger charge is 2.08. The van der Waals surface area contributed by atoms with Gasteiger partial charge in [0.05, 0.1) is 6.10 Å². The fourth-order valence-electron chi connectivity index (χ4n) is 0.715. The van der Waals surface area contributed by atoms with Crippen molar-refractivity contribution in [2.75, 3.05) is 0 Å². The molecule has 0 unspecified atom stereocenters. The number of hydrogen-bond acceptors (Lipinski definition) is 3. The van der Waals surface area contributed by atoms with Crippen LogP contribution in [-0.4, -0.2) is 27.4 Å². The predicted octanol–water partition coefficient (Wildman–Crippen LogP) is 0.895. The summed E-state index contributed by atoms with van der Waals surface area (Å²) in [6.45, 7) is 3.68. The molecule has 1 aromatic rings. The molecule has 0 spiro atoms. The molecule has 0 radical (unpaired) electrons. The van der Waals surface area contributed by atoms with Crippen molar-refractivity contribution in [2.24, 2.45) is 0 Å². The van der Waals surface area contributed by atoms with Crippen molar-refractivity contribution in [3.8, 4) is 5.88 Å². The maximum absolute atomic E-state index is 10.4. The summed E-state index contributed by atoms with van der Waals surface area (Å²) in [5, 5.41) is 14.5. The molecule has 0 bridgehead atoms. The predicted molar refractivity (Wildman–Crippen MR) is 41.3 cm³/mol. The molecule has 1 aromatic heterocycles. The second-order valence-corrected chi connectivity index (χ2v) is 2.59. The van der Waals surface area contributed by atoms with Crippen LogP contribution in [0.15, 0.2) is 6.07 Å². The highest BCUT2D eigenvalue weighted by atomic mass is 16.5. The van der Waals surface area contributed by atoms with Gasteiger partial charge in [-0.1, -0.05) is 0 Å². The summed E-state index contributed by atoms with van der Waals surface area (Å²) in [6.07, 6.45) is -0.00468. The number of nitrogens with one attached hydrogen (secondary N) is 1. The average Bonchev–Trinajstić information content (AvgIpc) is 2.34. The Morgan fingerprint density at radius 1 is 1.75 bits per heavy atom. The molecule has 66 valence electrons. The van der Waals surface area contributed by atoms with Crippen molar-refractivity contribution in [1.82, 2.24) is 10.2 Å². The number of ether oxygens (including phenoxy) is 1. The van der Waals surface area contributed by atoms with Crippen LogP contribution in [0.2, 0.25) is 0 Å². The van der Waals surface area contributed by atoms with Gasteiger partial charge in [-0.2, -0.15) is 0 Å². The van der Waals surface area contributed by atoms with E-state index >= 15 is 0 Å². The third-order valence-electron chi connectivity index (χ3n) is 1.14. The Morgan fingerprint density at radius 2 is 2.42 bits per heavy atom. The van der Waals surface area contributed by atoms with E-state index in [4.69, 9.17) is 9.84 Å². The van der Waals surface area contributed by atoms with Gasteiger partial charge < -0.3 is 9.84 Å². The van der Waals surface area contributed by atoms with Gasteiger partial charge in [-0.3, -0.25) is 5.10 Å². The first-order chi connectivity index (χ1) is 5.59. The fourth-order valence-corrected chi connectivity index (χ4v) is 0.715. The van der Waals surface area contributed by atoms with Crippen molar-refractivity contribution in [2.45, 2.75) is 20.0 Å². The molecule has 0 fully saturated rings. The number of carboxylic acid groups (broad SMARTS) is 1. The van der Waals surface area contributed by atoms with Gasteiger partial charge >= 0.3 is 5.97 Å². The number of aromatic nitrogens is 2. The van der Waals surface area contributed by atoms with Crippen LogP contribution in [0.1, 0.15) is 24.3 Å². The quantitative estimate of drug-likeness (QED) is 0.706. The van der Waals surface area contributed by atoms with E-state index in [2.05, 4.69) is 10.2 Å².